The number of halogens is 1. The lowest BCUT2D eigenvalue weighted by Crippen LogP contribution is -2.48. The summed E-state index contributed by atoms with van der Waals surface area (Å²) in [4.78, 5) is 28.9. The van der Waals surface area contributed by atoms with E-state index in [-0.39, 0.29) is 30.1 Å². The number of benzene rings is 1. The van der Waals surface area contributed by atoms with E-state index in [2.05, 4.69) is 28.4 Å². The van der Waals surface area contributed by atoms with Gasteiger partial charge in [0, 0.05) is 32.7 Å². The van der Waals surface area contributed by atoms with Crippen LogP contribution >= 0.6 is 12.4 Å². The number of nitrogens with zero attached hydrogens (tertiary/aromatic N) is 2. The van der Waals surface area contributed by atoms with Gasteiger partial charge in [0.2, 0.25) is 11.8 Å². The standard InChI is InChI=1S/C19H28N4O2.ClH/c20-8-9-21-19(25)17-6-3-10-22(12-17)14-18(24)23-11-7-15-4-1-2-5-16(15)13-23;/h1-2,4-5,17H,3,6-14,20H2,(H,21,25);1H. The van der Waals surface area contributed by atoms with Gasteiger partial charge in [-0.2, -0.15) is 0 Å². The topological polar surface area (TPSA) is 78.7 Å². The van der Waals surface area contributed by atoms with E-state index in [4.69, 9.17) is 5.73 Å². The van der Waals surface area contributed by atoms with E-state index in [0.29, 0.717) is 32.7 Å². The van der Waals surface area contributed by atoms with Crippen LogP contribution in [0.1, 0.15) is 24.0 Å². The Kier molecular flexibility index (Phi) is 7.87. The number of nitrogens with one attached hydrogen (secondary N) is 1. The first kappa shape index (κ1) is 20.7. The van der Waals surface area contributed by atoms with Gasteiger partial charge in [-0.15, -0.1) is 12.4 Å². The van der Waals surface area contributed by atoms with Crippen LogP contribution in [-0.2, 0) is 22.6 Å². The Morgan fingerprint density at radius 2 is 1.96 bits per heavy atom. The lowest BCUT2D eigenvalue weighted by atomic mass is 9.97. The number of hydrogen-bond acceptors (Lipinski definition) is 4. The summed E-state index contributed by atoms with van der Waals surface area (Å²) in [5, 5.41) is 2.86. The lowest BCUT2D eigenvalue weighted by Gasteiger charge is -2.34. The molecular formula is C19H29ClN4O2. The van der Waals surface area contributed by atoms with Gasteiger partial charge >= 0.3 is 0 Å². The van der Waals surface area contributed by atoms with Gasteiger partial charge in [0.15, 0.2) is 0 Å². The molecule has 1 unspecified atom stereocenters. The van der Waals surface area contributed by atoms with Gasteiger partial charge in [-0.25, -0.2) is 0 Å². The van der Waals surface area contributed by atoms with E-state index >= 15 is 0 Å². The fraction of sp³-hybridized carbons (Fsp3) is 0.579. The molecule has 0 aromatic heterocycles. The van der Waals surface area contributed by atoms with Crippen LogP contribution in [0.5, 0.6) is 0 Å². The number of amides is 2. The summed E-state index contributed by atoms with van der Waals surface area (Å²) >= 11 is 0. The first-order valence-corrected chi connectivity index (χ1v) is 9.22. The molecule has 26 heavy (non-hydrogen) atoms. The molecule has 2 aliphatic rings. The second-order valence-electron chi connectivity index (χ2n) is 6.99. The fourth-order valence-corrected chi connectivity index (χ4v) is 3.75. The molecule has 7 heteroatoms. The van der Waals surface area contributed by atoms with Crippen LogP contribution < -0.4 is 11.1 Å². The minimum Gasteiger partial charge on any atom is -0.355 e. The van der Waals surface area contributed by atoms with Crippen molar-refractivity contribution in [1.29, 1.82) is 0 Å². The second kappa shape index (κ2) is 9.90. The smallest absolute Gasteiger partial charge is 0.237 e. The zero-order valence-electron chi connectivity index (χ0n) is 15.2. The van der Waals surface area contributed by atoms with E-state index in [1.807, 2.05) is 11.0 Å². The van der Waals surface area contributed by atoms with Gasteiger partial charge in [0.05, 0.1) is 12.5 Å². The highest BCUT2D eigenvalue weighted by molar-refractivity contribution is 5.85. The van der Waals surface area contributed by atoms with Crippen molar-refractivity contribution in [3.8, 4) is 0 Å². The SMILES string of the molecule is Cl.NCCNC(=O)C1CCCN(CC(=O)N2CCc3ccccc3C2)C1. The molecule has 3 N–H and O–H groups in total. The molecule has 2 aliphatic heterocycles. The van der Waals surface area contributed by atoms with Crippen LogP contribution in [0.4, 0.5) is 0 Å². The molecule has 0 bridgehead atoms. The highest BCUT2D eigenvalue weighted by Crippen LogP contribution is 2.20. The molecule has 0 saturated carbocycles. The normalized spacial score (nSPS) is 20.0. The molecule has 1 saturated heterocycles. The zero-order valence-corrected chi connectivity index (χ0v) is 16.0. The quantitative estimate of drug-likeness (QED) is 0.791. The predicted octanol–water partition coefficient (Wildman–Crippen LogP) is 0.780. The Hall–Kier alpha value is -1.63. The third-order valence-corrected chi connectivity index (χ3v) is 5.16. The number of carbonyl (C=O) groups excluding carboxylic acids is 2. The first-order valence-electron chi connectivity index (χ1n) is 9.22. The van der Waals surface area contributed by atoms with Crippen molar-refractivity contribution in [2.24, 2.45) is 11.7 Å². The van der Waals surface area contributed by atoms with Crippen molar-refractivity contribution in [3.05, 3.63) is 35.4 Å². The van der Waals surface area contributed by atoms with E-state index < -0.39 is 0 Å². The van der Waals surface area contributed by atoms with Crippen LogP contribution in [-0.4, -0.2) is 60.9 Å². The molecule has 2 heterocycles. The summed E-state index contributed by atoms with van der Waals surface area (Å²) in [5.74, 6) is 0.196. The zero-order chi connectivity index (χ0) is 17.6. The van der Waals surface area contributed by atoms with Crippen LogP contribution in [0.25, 0.3) is 0 Å². The van der Waals surface area contributed by atoms with Crippen LogP contribution in [0, 0.1) is 5.92 Å². The molecule has 6 nitrogen and oxygen atoms in total. The summed E-state index contributed by atoms with van der Waals surface area (Å²) < 4.78 is 0. The fourth-order valence-electron chi connectivity index (χ4n) is 3.75. The Balaban J connectivity index is 0.00000243. The first-order chi connectivity index (χ1) is 12.2. The molecule has 1 fully saturated rings. The van der Waals surface area contributed by atoms with Crippen molar-refractivity contribution < 1.29 is 9.59 Å². The molecule has 3 rings (SSSR count). The maximum Gasteiger partial charge on any atom is 0.237 e. The van der Waals surface area contributed by atoms with Crippen LogP contribution in [0.3, 0.4) is 0 Å². The molecule has 0 aliphatic carbocycles. The number of fused-ring (bicyclic) bond motifs is 1. The van der Waals surface area contributed by atoms with Crippen molar-refractivity contribution in [3.63, 3.8) is 0 Å². The lowest BCUT2D eigenvalue weighted by molar-refractivity contribution is -0.135. The maximum atomic E-state index is 12.7. The predicted molar refractivity (Wildman–Crippen MR) is 104 cm³/mol. The average Bonchev–Trinajstić information content (AvgIpc) is 2.65. The minimum absolute atomic E-state index is 0. The molecule has 1 aromatic rings. The van der Waals surface area contributed by atoms with Crippen molar-refractivity contribution in [2.45, 2.75) is 25.8 Å². The van der Waals surface area contributed by atoms with E-state index in [1.54, 1.807) is 0 Å². The maximum absolute atomic E-state index is 12.7. The molecule has 0 radical (unpaired) electrons. The third kappa shape index (κ3) is 5.19. The summed E-state index contributed by atoms with van der Waals surface area (Å²) in [7, 11) is 0. The summed E-state index contributed by atoms with van der Waals surface area (Å²) in [5.41, 5.74) is 8.04. The Morgan fingerprint density at radius 1 is 1.19 bits per heavy atom. The largest absolute Gasteiger partial charge is 0.355 e. The van der Waals surface area contributed by atoms with Gasteiger partial charge in [-0.3, -0.25) is 14.5 Å². The highest BCUT2D eigenvalue weighted by atomic mass is 35.5. The second-order valence-corrected chi connectivity index (χ2v) is 6.99. The third-order valence-electron chi connectivity index (χ3n) is 5.16. The summed E-state index contributed by atoms with van der Waals surface area (Å²) in [6.45, 7) is 4.40. The van der Waals surface area contributed by atoms with Gasteiger partial charge < -0.3 is 16.0 Å². The Morgan fingerprint density at radius 3 is 2.73 bits per heavy atom. The van der Waals surface area contributed by atoms with E-state index in [9.17, 15) is 9.59 Å². The molecule has 0 spiro atoms. The van der Waals surface area contributed by atoms with Crippen molar-refractivity contribution in [1.82, 2.24) is 15.1 Å². The number of likely N-dealkylation sites (tertiary alicyclic amines) is 1. The van der Waals surface area contributed by atoms with Crippen LogP contribution in [0.15, 0.2) is 24.3 Å². The average molecular weight is 381 g/mol. The summed E-state index contributed by atoms with van der Waals surface area (Å²) in [6, 6.07) is 8.34. The molecule has 144 valence electrons. The van der Waals surface area contributed by atoms with E-state index in [0.717, 1.165) is 32.4 Å². The molecular weight excluding hydrogens is 352 g/mol. The minimum atomic E-state index is -0.0322. The highest BCUT2D eigenvalue weighted by Gasteiger charge is 2.28. The number of piperidine rings is 1. The number of hydrogen-bond donors (Lipinski definition) is 2. The van der Waals surface area contributed by atoms with Crippen molar-refractivity contribution >= 4 is 24.2 Å². The Bertz CT molecular complexity index is 625. The monoisotopic (exact) mass is 380 g/mol. The van der Waals surface area contributed by atoms with E-state index in [1.165, 1.54) is 11.1 Å². The number of carbonyl (C=O) groups is 2. The summed E-state index contributed by atoms with van der Waals surface area (Å²) in [6.07, 6.45) is 2.76. The van der Waals surface area contributed by atoms with Crippen molar-refractivity contribution in [2.75, 3.05) is 39.3 Å². The molecule has 1 atom stereocenters. The van der Waals surface area contributed by atoms with Gasteiger partial charge in [-0.05, 0) is 36.9 Å². The van der Waals surface area contributed by atoms with Gasteiger partial charge in [0.25, 0.3) is 0 Å². The molecule has 1 aromatic carbocycles. The number of nitrogens with two attached hydrogens (primary N) is 1. The van der Waals surface area contributed by atoms with Gasteiger partial charge in [0.1, 0.15) is 0 Å². The van der Waals surface area contributed by atoms with Gasteiger partial charge in [-0.1, -0.05) is 24.3 Å². The Labute approximate surface area is 161 Å². The molecule has 2 amide bonds. The number of rotatable bonds is 5. The van der Waals surface area contributed by atoms with Crippen LogP contribution in [0.2, 0.25) is 0 Å².